The van der Waals surface area contributed by atoms with Gasteiger partial charge in [0.15, 0.2) is 11.0 Å². The highest BCUT2D eigenvalue weighted by Gasteiger charge is 2.24. The molecule has 0 fully saturated rings. The Balaban J connectivity index is 0.000000854. The van der Waals surface area contributed by atoms with Gasteiger partial charge in [-0.25, -0.2) is 13.8 Å². The third-order valence-electron chi connectivity index (χ3n) is 5.67. The third-order valence-corrected chi connectivity index (χ3v) is 7.52. The molecule has 2 aromatic heterocycles. The van der Waals surface area contributed by atoms with Crippen molar-refractivity contribution in [3.8, 4) is 5.69 Å². The molecule has 318 valence electrons. The predicted molar refractivity (Wildman–Crippen MR) is 213 cm³/mol. The van der Waals surface area contributed by atoms with Crippen LogP contribution in [0.2, 0.25) is 5.02 Å². The monoisotopic (exact) mass is 897 g/mol. The van der Waals surface area contributed by atoms with Gasteiger partial charge < -0.3 is 34.8 Å². The number of carbonyl (C=O) groups is 2. The van der Waals surface area contributed by atoms with E-state index < -0.39 is 55.8 Å². The Labute approximate surface area is 340 Å². The Morgan fingerprint density at radius 1 is 1.14 bits per heavy atom. The van der Waals surface area contributed by atoms with Gasteiger partial charge in [0, 0.05) is 23.5 Å². The van der Waals surface area contributed by atoms with Gasteiger partial charge >= 0.3 is 24.2 Å². The van der Waals surface area contributed by atoms with Gasteiger partial charge in [0.2, 0.25) is 11.9 Å². The van der Waals surface area contributed by atoms with Crippen LogP contribution in [0, 0.1) is 12.7 Å². The fourth-order valence-electron chi connectivity index (χ4n) is 3.65. The Morgan fingerprint density at radius 2 is 1.71 bits per heavy atom. The van der Waals surface area contributed by atoms with Crippen LogP contribution in [0.15, 0.2) is 22.1 Å². The van der Waals surface area contributed by atoms with E-state index in [0.717, 1.165) is 23.8 Å². The van der Waals surface area contributed by atoms with Crippen LogP contribution in [0.3, 0.4) is 0 Å². The molecular weight excluding hydrogens is 849 g/mol. The quantitative estimate of drug-likeness (QED) is 0.0503. The summed E-state index contributed by atoms with van der Waals surface area (Å²) in [7, 11) is -3.71. The van der Waals surface area contributed by atoms with Crippen molar-refractivity contribution in [2.45, 2.75) is 70.6 Å². The van der Waals surface area contributed by atoms with E-state index in [9.17, 15) is 37.0 Å². The molecule has 0 saturated carbocycles. The molecule has 0 spiro atoms. The van der Waals surface area contributed by atoms with Gasteiger partial charge in [0.05, 0.1) is 38.2 Å². The lowest BCUT2D eigenvalue weighted by molar-refractivity contribution is -0.193. The van der Waals surface area contributed by atoms with Crippen LogP contribution in [0.1, 0.15) is 52.6 Å². The summed E-state index contributed by atoms with van der Waals surface area (Å²) in [6.07, 6.45) is 7.71. The molecule has 2 heterocycles. The fraction of sp³-hybridized carbons (Fsp3) is 0.581. The second kappa shape index (κ2) is 25.3. The van der Waals surface area contributed by atoms with Crippen molar-refractivity contribution in [2.75, 3.05) is 61.6 Å². The summed E-state index contributed by atoms with van der Waals surface area (Å²) >= 11 is 13.4. The minimum absolute atomic E-state index is 0.0424. The minimum atomic E-state index is -4.35. The van der Waals surface area contributed by atoms with Gasteiger partial charge in [0.25, 0.3) is 0 Å². The number of alkyl halides is 3. The number of aromatic nitrogens is 6. The number of anilines is 2. The molecule has 25 heteroatoms. The van der Waals surface area contributed by atoms with Crippen LogP contribution in [0.4, 0.5) is 25.1 Å². The summed E-state index contributed by atoms with van der Waals surface area (Å²) in [6, 6.07) is 2.03. The maximum absolute atomic E-state index is 14.2. The largest absolute Gasteiger partial charge is 0.778 e. The lowest BCUT2D eigenvalue weighted by Gasteiger charge is -2.20. The van der Waals surface area contributed by atoms with E-state index in [2.05, 4.69) is 70.2 Å². The Bertz CT molecular complexity index is 1810. The van der Waals surface area contributed by atoms with E-state index in [-0.39, 0.29) is 45.2 Å². The number of aryl methyl sites for hydroxylation is 1. The lowest BCUT2D eigenvalue weighted by atomic mass is 10.1. The second-order valence-electron chi connectivity index (χ2n) is 12.4. The van der Waals surface area contributed by atoms with Crippen molar-refractivity contribution in [3.63, 3.8) is 0 Å². The van der Waals surface area contributed by atoms with Crippen LogP contribution in [0.5, 0.6) is 0 Å². The predicted octanol–water partition coefficient (Wildman–Crippen LogP) is 4.14. The molecular formula is C31H49Cl2F3N9O8PS2. The standard InChI is InChI=1S/C15H14Cl2F3N3O3.C10H19N5S.C3H8NO5P.C3H9S/c1-3-26-13(24)10(17)4-8-5-12(11(18)6-9(8)16)23-15(25)22(14(19)20)7(2)21-23;1-6-11-7-12-8(15-10(2,3)4)14-9(13-7)16-5;5-3(6)1-4-2-10(7,8)9;1-4(2)3/h5-6,10,14H,3-4H2,1-2H3;6H2,1-5H3,(H2,11,12,13,14,15);4H,1-2H2,(H,5,6)(H2,7,8,9);1-3H3/q;;;+1/p-1. The van der Waals surface area contributed by atoms with Gasteiger partial charge in [-0.2, -0.15) is 28.4 Å². The zero-order valence-electron chi connectivity index (χ0n) is 32.5. The lowest BCUT2D eigenvalue weighted by Crippen LogP contribution is -2.27. The highest BCUT2D eigenvalue weighted by atomic mass is 35.5. The van der Waals surface area contributed by atoms with E-state index in [1.807, 2.05) is 18.5 Å². The number of hydrogen-bond donors (Lipinski definition) is 5. The van der Waals surface area contributed by atoms with Crippen molar-refractivity contribution in [2.24, 2.45) is 0 Å². The number of hydrogen-bond acceptors (Lipinski definition) is 14. The van der Waals surface area contributed by atoms with E-state index in [1.54, 1.807) is 6.92 Å². The third kappa shape index (κ3) is 21.4. The number of rotatable bonds is 14. The molecule has 3 aromatic rings. The first kappa shape index (κ1) is 52.9. The molecule has 0 bridgehead atoms. The van der Waals surface area contributed by atoms with Crippen LogP contribution in [-0.4, -0.2) is 113 Å². The number of nitrogens with one attached hydrogen (secondary N) is 3. The van der Waals surface area contributed by atoms with Crippen LogP contribution < -0.4 is 26.5 Å². The Kier molecular flexibility index (Phi) is 23.9. The first-order chi connectivity index (χ1) is 25.8. The number of carboxylic acid groups (broad SMARTS) is 1. The molecule has 3 rings (SSSR count). The maximum Gasteiger partial charge on any atom is 0.355 e. The first-order valence-electron chi connectivity index (χ1n) is 16.3. The molecule has 2 atom stereocenters. The molecule has 0 aliphatic rings. The molecule has 0 radical (unpaired) electrons. The van der Waals surface area contributed by atoms with Gasteiger partial charge in [0.1, 0.15) is 24.5 Å². The smallest absolute Gasteiger partial charge is 0.355 e. The zero-order valence-corrected chi connectivity index (χ0v) is 36.6. The molecule has 0 aliphatic carbocycles. The zero-order chi connectivity index (χ0) is 43.6. The number of ether oxygens (including phenoxy) is 1. The summed E-state index contributed by atoms with van der Waals surface area (Å²) < 4.78 is 55.4. The van der Waals surface area contributed by atoms with Crippen LogP contribution >= 0.6 is 42.6 Å². The van der Waals surface area contributed by atoms with E-state index >= 15 is 0 Å². The molecule has 1 aromatic carbocycles. The fourth-order valence-corrected chi connectivity index (χ4v) is 4.85. The van der Waals surface area contributed by atoms with Gasteiger partial charge in [-0.15, -0.1) is 16.7 Å². The molecule has 2 unspecified atom stereocenters. The average molecular weight is 899 g/mol. The van der Waals surface area contributed by atoms with Crippen LogP contribution in [0.25, 0.3) is 5.69 Å². The summed E-state index contributed by atoms with van der Waals surface area (Å²) in [5, 5.41) is 19.5. The topological polar surface area (TPSA) is 239 Å². The van der Waals surface area contributed by atoms with Crippen molar-refractivity contribution in [1.82, 2.24) is 34.6 Å². The van der Waals surface area contributed by atoms with Gasteiger partial charge in [-0.05, 0) is 76.4 Å². The SMILES string of the molecule is CCNc1nc(NC(C)(C)C)nc(SC)n1.CCOC(=O)C(Cl)Cc1cc(-n2nc(C)n(C(F)F)c2=O)c(F)cc1Cl.C[S+](C)C.O=C(O)CNCP(=O)([O-])O. The van der Waals surface area contributed by atoms with Crippen molar-refractivity contribution in [3.05, 3.63) is 44.8 Å². The highest BCUT2D eigenvalue weighted by Crippen LogP contribution is 2.26. The second-order valence-corrected chi connectivity index (χ2v) is 18.2. The van der Waals surface area contributed by atoms with Gasteiger partial charge in [-0.3, -0.25) is 14.9 Å². The molecule has 17 nitrogen and oxygen atoms in total. The Morgan fingerprint density at radius 3 is 2.16 bits per heavy atom. The van der Waals surface area contributed by atoms with E-state index in [4.69, 9.17) is 37.9 Å². The normalized spacial score (nSPS) is 12.6. The number of esters is 1. The summed E-state index contributed by atoms with van der Waals surface area (Å²) in [5.41, 5.74) is -1.42. The summed E-state index contributed by atoms with van der Waals surface area (Å²) in [4.78, 5) is 64.3. The van der Waals surface area contributed by atoms with Crippen molar-refractivity contribution in [1.29, 1.82) is 0 Å². The molecule has 0 amide bonds. The number of thioether (sulfide) groups is 1. The molecule has 0 aliphatic heterocycles. The van der Waals surface area contributed by atoms with Gasteiger partial charge in [-0.1, -0.05) is 23.4 Å². The van der Waals surface area contributed by atoms with E-state index in [0.29, 0.717) is 27.5 Å². The minimum Gasteiger partial charge on any atom is -0.778 e. The van der Waals surface area contributed by atoms with Crippen molar-refractivity contribution < 1.29 is 47.0 Å². The summed E-state index contributed by atoms with van der Waals surface area (Å²) in [5.74, 6) is -1.86. The average Bonchev–Trinajstić information content (AvgIpc) is 3.34. The molecule has 56 heavy (non-hydrogen) atoms. The first-order valence-corrected chi connectivity index (χ1v) is 22.5. The van der Waals surface area contributed by atoms with E-state index in [1.165, 1.54) is 18.7 Å². The number of carboxylic acids is 1. The molecule has 0 saturated heterocycles. The molecule has 5 N–H and O–H groups in total. The van der Waals surface area contributed by atoms with Crippen molar-refractivity contribution >= 4 is 77.3 Å². The highest BCUT2D eigenvalue weighted by molar-refractivity contribution is 7.98. The number of benzene rings is 1. The maximum atomic E-state index is 14.2. The Hall–Kier alpha value is -3.11. The van der Waals surface area contributed by atoms with Crippen LogP contribution in [-0.2, 0) is 36.2 Å². The number of aliphatic carboxylic acids is 1. The number of carbonyl (C=O) groups excluding carboxylic acids is 1. The number of halogens is 5. The summed E-state index contributed by atoms with van der Waals surface area (Å²) in [6.45, 7) is 8.35. The number of nitrogens with zero attached hydrogens (tertiary/aromatic N) is 6.